The molecule has 254 valence electrons. The summed E-state index contributed by atoms with van der Waals surface area (Å²) in [5.41, 5.74) is 13.0. The number of nitrogens with zero attached hydrogens (tertiary/aromatic N) is 1. The lowest BCUT2D eigenvalue weighted by molar-refractivity contribution is 1.30. The van der Waals surface area contributed by atoms with Crippen molar-refractivity contribution < 1.29 is 0 Å². The van der Waals surface area contributed by atoms with Gasteiger partial charge in [0.1, 0.15) is 0 Å². The molecule has 0 amide bonds. The molecule has 0 saturated heterocycles. The quantitative estimate of drug-likeness (QED) is 0.160. The normalized spacial score (nSPS) is 11.3. The van der Waals surface area contributed by atoms with E-state index in [0.717, 1.165) is 17.1 Å². The molecule has 0 fully saturated rings. The van der Waals surface area contributed by atoms with E-state index >= 15 is 0 Å². The second-order valence-electron chi connectivity index (χ2n) is 13.6. The first kappa shape index (κ1) is 32.0. The number of benzene rings is 9. The third kappa shape index (κ3) is 5.56. The van der Waals surface area contributed by atoms with Crippen molar-refractivity contribution >= 4 is 59.3 Å². The molecule has 0 N–H and O–H groups in total. The Morgan fingerprint density at radius 3 is 1.61 bits per heavy atom. The van der Waals surface area contributed by atoms with E-state index in [4.69, 9.17) is 0 Å². The predicted molar refractivity (Wildman–Crippen MR) is 233 cm³/mol. The van der Waals surface area contributed by atoms with Gasteiger partial charge in [-0.15, -0.1) is 11.3 Å². The summed E-state index contributed by atoms with van der Waals surface area (Å²) in [5, 5.41) is 5.03. The Bertz CT molecular complexity index is 2920. The molecule has 2 heteroatoms. The second-order valence-corrected chi connectivity index (χ2v) is 14.7. The van der Waals surface area contributed by atoms with E-state index in [-0.39, 0.29) is 0 Å². The molecular formula is C52H35NS. The first-order valence-electron chi connectivity index (χ1n) is 18.4. The smallest absolute Gasteiger partial charge is 0.0640 e. The SMILES string of the molecule is c1ccc(-c2ccc(N(c3ccccc3-c3cccc4cccc(-c5ccccc5)c34)c3cccc4c3sc3ccccc34)c(-c3ccccc3)c2)cc1. The Morgan fingerprint density at radius 1 is 0.315 bits per heavy atom. The van der Waals surface area contributed by atoms with Crippen molar-refractivity contribution in [1.82, 2.24) is 0 Å². The molecular weight excluding hydrogens is 671 g/mol. The predicted octanol–water partition coefficient (Wildman–Crippen LogP) is 15.3. The van der Waals surface area contributed by atoms with Crippen LogP contribution in [0.2, 0.25) is 0 Å². The minimum absolute atomic E-state index is 1.13. The Kier molecular flexibility index (Phi) is 8.09. The number of thiophene rings is 1. The van der Waals surface area contributed by atoms with Crippen LogP contribution in [-0.4, -0.2) is 0 Å². The summed E-state index contributed by atoms with van der Waals surface area (Å²) in [4.78, 5) is 2.52. The maximum atomic E-state index is 2.52. The van der Waals surface area contributed by atoms with E-state index in [9.17, 15) is 0 Å². The zero-order valence-corrected chi connectivity index (χ0v) is 30.4. The highest BCUT2D eigenvalue weighted by Crippen LogP contribution is 2.51. The maximum Gasteiger partial charge on any atom is 0.0640 e. The molecule has 0 unspecified atom stereocenters. The summed E-state index contributed by atoms with van der Waals surface area (Å²) in [6.45, 7) is 0. The van der Waals surface area contributed by atoms with Crippen molar-refractivity contribution in [3.8, 4) is 44.5 Å². The van der Waals surface area contributed by atoms with Crippen LogP contribution in [0.25, 0.3) is 75.5 Å². The van der Waals surface area contributed by atoms with Crippen LogP contribution >= 0.6 is 11.3 Å². The van der Waals surface area contributed by atoms with Gasteiger partial charge in [0.25, 0.3) is 0 Å². The lowest BCUT2D eigenvalue weighted by atomic mass is 9.90. The molecule has 1 aromatic heterocycles. The summed E-state index contributed by atoms with van der Waals surface area (Å²) in [6, 6.07) is 77.2. The molecule has 0 spiro atoms. The van der Waals surface area contributed by atoms with Gasteiger partial charge in [0.2, 0.25) is 0 Å². The molecule has 0 bridgehead atoms. The highest BCUT2D eigenvalue weighted by Gasteiger charge is 2.25. The highest BCUT2D eigenvalue weighted by molar-refractivity contribution is 7.26. The number of rotatable bonds is 7. The van der Waals surface area contributed by atoms with Gasteiger partial charge >= 0.3 is 0 Å². The molecule has 1 nitrogen and oxygen atoms in total. The average Bonchev–Trinajstić information content (AvgIpc) is 3.64. The van der Waals surface area contributed by atoms with E-state index < -0.39 is 0 Å². The lowest BCUT2D eigenvalue weighted by Crippen LogP contribution is -2.13. The number of anilines is 3. The monoisotopic (exact) mass is 705 g/mol. The summed E-state index contributed by atoms with van der Waals surface area (Å²) in [7, 11) is 0. The number of fused-ring (bicyclic) bond motifs is 4. The van der Waals surface area contributed by atoms with Gasteiger partial charge in [-0.1, -0.05) is 182 Å². The first-order valence-corrected chi connectivity index (χ1v) is 19.3. The average molecular weight is 706 g/mol. The minimum atomic E-state index is 1.13. The third-order valence-electron chi connectivity index (χ3n) is 10.5. The van der Waals surface area contributed by atoms with Crippen LogP contribution in [0.4, 0.5) is 17.1 Å². The van der Waals surface area contributed by atoms with Gasteiger partial charge in [-0.3, -0.25) is 0 Å². The maximum absolute atomic E-state index is 2.52. The molecule has 0 aliphatic carbocycles. The topological polar surface area (TPSA) is 3.24 Å². The Hall–Kier alpha value is -6.74. The molecule has 0 saturated carbocycles. The summed E-state index contributed by atoms with van der Waals surface area (Å²) >= 11 is 1.87. The van der Waals surface area contributed by atoms with Crippen molar-refractivity contribution in [2.45, 2.75) is 0 Å². The molecule has 0 aliphatic heterocycles. The Labute approximate surface area is 319 Å². The summed E-state index contributed by atoms with van der Waals surface area (Å²) < 4.78 is 2.56. The van der Waals surface area contributed by atoms with E-state index in [1.165, 1.54) is 75.5 Å². The van der Waals surface area contributed by atoms with Crippen LogP contribution < -0.4 is 4.90 Å². The highest BCUT2D eigenvalue weighted by atomic mass is 32.1. The van der Waals surface area contributed by atoms with Gasteiger partial charge in [0, 0.05) is 26.6 Å². The van der Waals surface area contributed by atoms with Crippen molar-refractivity contribution in [3.63, 3.8) is 0 Å². The van der Waals surface area contributed by atoms with Crippen LogP contribution in [-0.2, 0) is 0 Å². The zero-order chi connectivity index (χ0) is 35.8. The number of hydrogen-bond donors (Lipinski definition) is 0. The van der Waals surface area contributed by atoms with Gasteiger partial charge in [-0.05, 0) is 74.5 Å². The molecule has 54 heavy (non-hydrogen) atoms. The molecule has 9 aromatic carbocycles. The molecule has 0 aliphatic rings. The molecule has 10 rings (SSSR count). The third-order valence-corrected chi connectivity index (χ3v) is 11.7. The van der Waals surface area contributed by atoms with Crippen molar-refractivity contribution in [3.05, 3.63) is 212 Å². The minimum Gasteiger partial charge on any atom is -0.308 e. The van der Waals surface area contributed by atoms with Gasteiger partial charge in [0.15, 0.2) is 0 Å². The van der Waals surface area contributed by atoms with Crippen LogP contribution in [0.3, 0.4) is 0 Å². The molecule has 0 atom stereocenters. The summed E-state index contributed by atoms with van der Waals surface area (Å²) in [5.74, 6) is 0. The van der Waals surface area contributed by atoms with E-state index in [1.807, 2.05) is 11.3 Å². The Morgan fingerprint density at radius 2 is 0.852 bits per heavy atom. The number of para-hydroxylation sites is 1. The van der Waals surface area contributed by atoms with Crippen molar-refractivity contribution in [2.75, 3.05) is 4.90 Å². The van der Waals surface area contributed by atoms with Crippen LogP contribution in [0.1, 0.15) is 0 Å². The zero-order valence-electron chi connectivity index (χ0n) is 29.6. The number of hydrogen-bond acceptors (Lipinski definition) is 2. The fourth-order valence-electron chi connectivity index (χ4n) is 8.01. The standard InChI is InChI=1S/C52H35NS/c1-4-17-36(18-5-1)40-33-34-48(46(35-40)38-21-8-3-9-22-38)53(49-31-16-29-45-43-26-11-13-32-50(43)54-52(45)49)47-30-12-10-25-42(47)44-28-15-24-39-23-14-27-41(51(39)44)37-19-6-2-7-20-37/h1-35H. The van der Waals surface area contributed by atoms with Gasteiger partial charge in [0.05, 0.1) is 21.8 Å². The van der Waals surface area contributed by atoms with Gasteiger partial charge in [-0.25, -0.2) is 0 Å². The van der Waals surface area contributed by atoms with E-state index in [0.29, 0.717) is 0 Å². The first-order chi connectivity index (χ1) is 26.8. The van der Waals surface area contributed by atoms with Gasteiger partial charge < -0.3 is 4.90 Å². The molecule has 10 aromatic rings. The van der Waals surface area contributed by atoms with E-state index in [2.05, 4.69) is 217 Å². The van der Waals surface area contributed by atoms with Crippen molar-refractivity contribution in [2.24, 2.45) is 0 Å². The van der Waals surface area contributed by atoms with Crippen LogP contribution in [0.15, 0.2) is 212 Å². The fourth-order valence-corrected chi connectivity index (χ4v) is 9.21. The van der Waals surface area contributed by atoms with E-state index in [1.54, 1.807) is 0 Å². The molecule has 1 heterocycles. The largest absolute Gasteiger partial charge is 0.308 e. The second kappa shape index (κ2) is 13.7. The fraction of sp³-hybridized carbons (Fsp3) is 0. The molecule has 0 radical (unpaired) electrons. The van der Waals surface area contributed by atoms with Gasteiger partial charge in [-0.2, -0.15) is 0 Å². The van der Waals surface area contributed by atoms with Crippen LogP contribution in [0, 0.1) is 0 Å². The Balaban J connectivity index is 1.30. The van der Waals surface area contributed by atoms with Crippen LogP contribution in [0.5, 0.6) is 0 Å². The summed E-state index contributed by atoms with van der Waals surface area (Å²) in [6.07, 6.45) is 0. The van der Waals surface area contributed by atoms with Crippen molar-refractivity contribution in [1.29, 1.82) is 0 Å². The lowest BCUT2D eigenvalue weighted by Gasteiger charge is -2.31.